The van der Waals surface area contributed by atoms with E-state index >= 15 is 0 Å². The van der Waals surface area contributed by atoms with E-state index in [1.165, 1.54) is 10.5 Å². The minimum atomic E-state index is 0.485. The van der Waals surface area contributed by atoms with E-state index in [-0.39, 0.29) is 0 Å². The molecule has 0 N–H and O–H groups in total. The largest absolute Gasteiger partial charge is 0.302 e. The predicted octanol–water partition coefficient (Wildman–Crippen LogP) is 3.33. The molecule has 1 unspecified atom stereocenters. The highest BCUT2D eigenvalue weighted by molar-refractivity contribution is 7.98. The van der Waals surface area contributed by atoms with Gasteiger partial charge in [0.1, 0.15) is 0 Å². The summed E-state index contributed by atoms with van der Waals surface area (Å²) >= 11 is 6.09. The van der Waals surface area contributed by atoms with Gasteiger partial charge in [-0.1, -0.05) is 12.1 Å². The maximum atomic E-state index is 4.31. The van der Waals surface area contributed by atoms with Crippen LogP contribution in [0.4, 0.5) is 0 Å². The van der Waals surface area contributed by atoms with Gasteiger partial charge in [-0.15, -0.1) is 11.8 Å². The second-order valence-corrected chi connectivity index (χ2v) is 5.09. The van der Waals surface area contributed by atoms with Crippen LogP contribution in [0.3, 0.4) is 0 Å². The molecule has 0 amide bonds. The van der Waals surface area contributed by atoms with Gasteiger partial charge in [-0.2, -0.15) is 12.6 Å². The first-order chi connectivity index (χ1) is 7.19. The average Bonchev–Trinajstić information content (AvgIpc) is 2.26. The minimum absolute atomic E-state index is 0.485. The molecule has 15 heavy (non-hydrogen) atoms. The fourth-order valence-electron chi connectivity index (χ4n) is 1.67. The van der Waals surface area contributed by atoms with Crippen LogP contribution >= 0.6 is 24.4 Å². The van der Waals surface area contributed by atoms with Crippen molar-refractivity contribution in [2.75, 3.05) is 26.1 Å². The number of nitrogens with zero attached hydrogens (tertiary/aromatic N) is 1. The molecule has 0 saturated heterocycles. The lowest BCUT2D eigenvalue weighted by Gasteiger charge is -2.24. The summed E-state index contributed by atoms with van der Waals surface area (Å²) in [6.07, 6.45) is 3.20. The van der Waals surface area contributed by atoms with Gasteiger partial charge in [-0.25, -0.2) is 0 Å². The van der Waals surface area contributed by atoms with Crippen LogP contribution in [0.25, 0.3) is 0 Å². The zero-order valence-electron chi connectivity index (χ0n) is 9.60. The Morgan fingerprint density at radius 2 is 1.87 bits per heavy atom. The fraction of sp³-hybridized carbons (Fsp3) is 0.500. The van der Waals surface area contributed by atoms with Crippen LogP contribution in [0.15, 0.2) is 29.2 Å². The normalized spacial score (nSPS) is 13.1. The van der Waals surface area contributed by atoms with E-state index < -0.39 is 0 Å². The van der Waals surface area contributed by atoms with Crippen molar-refractivity contribution in [1.82, 2.24) is 4.90 Å². The molecule has 84 valence electrons. The van der Waals surface area contributed by atoms with E-state index in [1.807, 2.05) is 0 Å². The summed E-state index contributed by atoms with van der Waals surface area (Å²) in [4.78, 5) is 3.58. The molecule has 1 aromatic carbocycles. The van der Waals surface area contributed by atoms with Gasteiger partial charge >= 0.3 is 0 Å². The van der Waals surface area contributed by atoms with Crippen LogP contribution in [-0.2, 0) is 0 Å². The van der Waals surface area contributed by atoms with Gasteiger partial charge < -0.3 is 4.90 Å². The summed E-state index contributed by atoms with van der Waals surface area (Å²) < 4.78 is 0. The summed E-state index contributed by atoms with van der Waals surface area (Å²) in [6, 6.07) is 9.31. The SMILES string of the molecule is CSc1ccc(C(CCS)N(C)C)cc1. The van der Waals surface area contributed by atoms with Crippen molar-refractivity contribution in [3.63, 3.8) is 0 Å². The highest BCUT2D eigenvalue weighted by Crippen LogP contribution is 2.24. The van der Waals surface area contributed by atoms with Gasteiger partial charge in [-0.05, 0) is 50.2 Å². The third kappa shape index (κ3) is 3.74. The molecule has 1 atom stereocenters. The number of hydrogen-bond acceptors (Lipinski definition) is 3. The highest BCUT2D eigenvalue weighted by atomic mass is 32.2. The molecule has 0 aliphatic carbocycles. The lowest BCUT2D eigenvalue weighted by molar-refractivity contribution is 0.293. The predicted molar refractivity (Wildman–Crippen MR) is 73.1 cm³/mol. The van der Waals surface area contributed by atoms with Crippen LogP contribution in [0.2, 0.25) is 0 Å². The number of thiol groups is 1. The summed E-state index contributed by atoms with van der Waals surface area (Å²) in [5.74, 6) is 0.924. The van der Waals surface area contributed by atoms with Crippen LogP contribution in [0, 0.1) is 0 Å². The maximum absolute atomic E-state index is 4.31. The lowest BCUT2D eigenvalue weighted by Crippen LogP contribution is -2.20. The van der Waals surface area contributed by atoms with Gasteiger partial charge in [0, 0.05) is 10.9 Å². The molecule has 0 spiro atoms. The molecule has 1 rings (SSSR count). The number of hydrogen-bond donors (Lipinski definition) is 1. The Morgan fingerprint density at radius 3 is 2.27 bits per heavy atom. The Labute approximate surface area is 103 Å². The van der Waals surface area contributed by atoms with E-state index in [0.717, 1.165) is 12.2 Å². The third-order valence-corrected chi connectivity index (χ3v) is 3.53. The summed E-state index contributed by atoms with van der Waals surface area (Å²) in [6.45, 7) is 0. The molecule has 0 saturated carbocycles. The first-order valence-corrected chi connectivity index (χ1v) is 6.96. The van der Waals surface area contributed by atoms with Gasteiger partial charge in [0.2, 0.25) is 0 Å². The van der Waals surface area contributed by atoms with E-state index in [1.54, 1.807) is 11.8 Å². The Bertz CT molecular complexity index is 282. The summed E-state index contributed by atoms with van der Waals surface area (Å²) in [7, 11) is 4.24. The molecule has 0 heterocycles. The average molecular weight is 241 g/mol. The van der Waals surface area contributed by atoms with Crippen molar-refractivity contribution in [2.45, 2.75) is 17.4 Å². The summed E-state index contributed by atoms with van der Waals surface area (Å²) in [5.41, 5.74) is 1.38. The topological polar surface area (TPSA) is 3.24 Å². The molecule has 1 nitrogen and oxygen atoms in total. The van der Waals surface area contributed by atoms with Crippen LogP contribution in [0.1, 0.15) is 18.0 Å². The minimum Gasteiger partial charge on any atom is -0.302 e. The molecule has 0 fully saturated rings. The molecule has 3 heteroatoms. The van der Waals surface area contributed by atoms with Crippen LogP contribution < -0.4 is 0 Å². The van der Waals surface area contributed by atoms with Gasteiger partial charge in [0.25, 0.3) is 0 Å². The lowest BCUT2D eigenvalue weighted by atomic mass is 10.0. The molecule has 1 aromatic rings. The molecule has 0 aliphatic rings. The molecule has 0 aliphatic heterocycles. The van der Waals surface area contributed by atoms with Gasteiger partial charge in [-0.3, -0.25) is 0 Å². The molecular formula is C12H19NS2. The Hall–Kier alpha value is -0.120. The van der Waals surface area contributed by atoms with Crippen LogP contribution in [0.5, 0.6) is 0 Å². The monoisotopic (exact) mass is 241 g/mol. The Morgan fingerprint density at radius 1 is 1.27 bits per heavy atom. The second kappa shape index (κ2) is 6.46. The van der Waals surface area contributed by atoms with Crippen LogP contribution in [-0.4, -0.2) is 31.0 Å². The van der Waals surface area contributed by atoms with Gasteiger partial charge in [0.15, 0.2) is 0 Å². The summed E-state index contributed by atoms with van der Waals surface area (Å²) in [5, 5.41) is 0. The Balaban J connectivity index is 2.81. The zero-order valence-corrected chi connectivity index (χ0v) is 11.3. The molecule has 0 aromatic heterocycles. The molecule has 0 bridgehead atoms. The number of thioether (sulfide) groups is 1. The van der Waals surface area contributed by atoms with E-state index in [2.05, 4.69) is 62.1 Å². The van der Waals surface area contributed by atoms with Crippen molar-refractivity contribution < 1.29 is 0 Å². The first kappa shape index (κ1) is 12.9. The van der Waals surface area contributed by atoms with Gasteiger partial charge in [0.05, 0.1) is 0 Å². The Kier molecular flexibility index (Phi) is 5.58. The smallest absolute Gasteiger partial charge is 0.0349 e. The zero-order chi connectivity index (χ0) is 11.3. The van der Waals surface area contributed by atoms with E-state index in [4.69, 9.17) is 0 Å². The standard InChI is InChI=1S/C12H19NS2/c1-13(2)12(8-9-14)10-4-6-11(15-3)7-5-10/h4-7,12,14H,8-9H2,1-3H3. The van der Waals surface area contributed by atoms with Crippen molar-refractivity contribution >= 4 is 24.4 Å². The second-order valence-electron chi connectivity index (χ2n) is 3.76. The van der Waals surface area contributed by atoms with Crippen molar-refractivity contribution in [3.05, 3.63) is 29.8 Å². The number of benzene rings is 1. The molecule has 0 radical (unpaired) electrons. The highest BCUT2D eigenvalue weighted by Gasteiger charge is 2.12. The van der Waals surface area contributed by atoms with E-state index in [0.29, 0.717) is 6.04 Å². The van der Waals surface area contributed by atoms with Crippen molar-refractivity contribution in [1.29, 1.82) is 0 Å². The van der Waals surface area contributed by atoms with Crippen molar-refractivity contribution in [2.24, 2.45) is 0 Å². The molecular weight excluding hydrogens is 222 g/mol. The third-order valence-electron chi connectivity index (χ3n) is 2.53. The quantitative estimate of drug-likeness (QED) is 0.622. The fourth-order valence-corrected chi connectivity index (χ4v) is 2.32. The van der Waals surface area contributed by atoms with Crippen molar-refractivity contribution in [3.8, 4) is 0 Å². The maximum Gasteiger partial charge on any atom is 0.0349 e. The number of rotatable bonds is 5. The van der Waals surface area contributed by atoms with E-state index in [9.17, 15) is 0 Å². The first-order valence-electron chi connectivity index (χ1n) is 5.10.